The van der Waals surface area contributed by atoms with E-state index >= 15 is 0 Å². The standard InChI is InChI=1S/C10H15N2O8P.C5H12O2/c1-5-3-12(10(15)11-9(5)14)8-2-6(13)7(20-8)4-19-21(16,17)18;1-5(2,3-6)4-7/h3,6-8,13H,2,4H2,1H3,(H,11,14,15)(H2,16,17,18);6-7H,3-4H2,1-2H3/t6-,7+,8+;/m0./s1. The number of phosphoric ester groups is 1. The van der Waals surface area contributed by atoms with Crippen LogP contribution < -0.4 is 11.2 Å². The number of aryl methyl sites for hydroxylation is 1. The first-order valence-electron chi connectivity index (χ1n) is 8.37. The Kier molecular flexibility index (Phi) is 8.72. The van der Waals surface area contributed by atoms with E-state index in [0.29, 0.717) is 5.56 Å². The maximum Gasteiger partial charge on any atom is 0.469 e. The number of phosphoric acid groups is 1. The molecular formula is C15H27N2O10P. The second kappa shape index (κ2) is 9.90. The van der Waals surface area contributed by atoms with Gasteiger partial charge in [0.15, 0.2) is 0 Å². The summed E-state index contributed by atoms with van der Waals surface area (Å²) in [6.45, 7) is 4.68. The van der Waals surface area contributed by atoms with Crippen LogP contribution in [0.4, 0.5) is 0 Å². The van der Waals surface area contributed by atoms with Crippen LogP contribution in [0.25, 0.3) is 0 Å². The van der Waals surface area contributed by atoms with Crippen molar-refractivity contribution >= 4 is 7.82 Å². The molecule has 13 heteroatoms. The zero-order valence-electron chi connectivity index (χ0n) is 15.8. The molecule has 0 aliphatic carbocycles. The molecule has 6 N–H and O–H groups in total. The highest BCUT2D eigenvalue weighted by atomic mass is 31.2. The number of H-pyrrole nitrogens is 1. The zero-order valence-corrected chi connectivity index (χ0v) is 16.7. The predicted octanol–water partition coefficient (Wildman–Crippen LogP) is -1.40. The van der Waals surface area contributed by atoms with Crippen molar-refractivity contribution in [2.75, 3.05) is 19.8 Å². The zero-order chi connectivity index (χ0) is 21.7. The average Bonchev–Trinajstić information content (AvgIpc) is 2.97. The van der Waals surface area contributed by atoms with Crippen molar-refractivity contribution in [2.45, 2.75) is 45.6 Å². The van der Waals surface area contributed by atoms with Crippen molar-refractivity contribution in [3.05, 3.63) is 32.6 Å². The minimum atomic E-state index is -4.67. The third kappa shape index (κ3) is 7.57. The summed E-state index contributed by atoms with van der Waals surface area (Å²) in [5, 5.41) is 26.7. The molecule has 0 aromatic carbocycles. The van der Waals surface area contributed by atoms with Gasteiger partial charge in [-0.3, -0.25) is 18.9 Å². The minimum absolute atomic E-state index is 0.0283. The fourth-order valence-electron chi connectivity index (χ4n) is 2.06. The second-order valence-corrected chi connectivity index (χ2v) is 8.42. The molecule has 1 aliphatic rings. The highest BCUT2D eigenvalue weighted by molar-refractivity contribution is 7.46. The molecule has 0 bridgehead atoms. The van der Waals surface area contributed by atoms with Crippen LogP contribution in [0.1, 0.15) is 32.1 Å². The van der Waals surface area contributed by atoms with Crippen molar-refractivity contribution in [2.24, 2.45) is 5.41 Å². The highest BCUT2D eigenvalue weighted by Gasteiger charge is 2.37. The van der Waals surface area contributed by atoms with E-state index < -0.39 is 44.1 Å². The lowest BCUT2D eigenvalue weighted by Crippen LogP contribution is -2.33. The highest BCUT2D eigenvalue weighted by Crippen LogP contribution is 2.38. The van der Waals surface area contributed by atoms with Gasteiger partial charge in [-0.25, -0.2) is 9.36 Å². The first-order chi connectivity index (χ1) is 12.8. The van der Waals surface area contributed by atoms with E-state index in [-0.39, 0.29) is 25.0 Å². The lowest BCUT2D eigenvalue weighted by atomic mass is 9.97. The quantitative estimate of drug-likeness (QED) is 0.295. The Balaban J connectivity index is 0.000000480. The Morgan fingerprint density at radius 3 is 2.36 bits per heavy atom. The molecule has 1 aromatic rings. The summed E-state index contributed by atoms with van der Waals surface area (Å²) >= 11 is 0. The van der Waals surface area contributed by atoms with Crippen LogP contribution in [-0.2, 0) is 13.8 Å². The van der Waals surface area contributed by atoms with E-state index in [1.54, 1.807) is 13.8 Å². The van der Waals surface area contributed by atoms with E-state index in [1.165, 1.54) is 13.1 Å². The fraction of sp³-hybridized carbons (Fsp3) is 0.733. The van der Waals surface area contributed by atoms with Crippen molar-refractivity contribution in [3.8, 4) is 0 Å². The summed E-state index contributed by atoms with van der Waals surface area (Å²) in [7, 11) is -4.67. The maximum atomic E-state index is 11.7. The molecule has 0 spiro atoms. The third-order valence-corrected chi connectivity index (χ3v) is 4.41. The van der Waals surface area contributed by atoms with Gasteiger partial charge in [-0.05, 0) is 6.92 Å². The molecule has 1 saturated heterocycles. The fourth-order valence-corrected chi connectivity index (χ4v) is 2.40. The van der Waals surface area contributed by atoms with Gasteiger partial charge in [0.1, 0.15) is 12.3 Å². The van der Waals surface area contributed by atoms with Gasteiger partial charge in [0.25, 0.3) is 5.56 Å². The molecule has 0 radical (unpaired) electrons. The van der Waals surface area contributed by atoms with E-state index in [9.17, 15) is 19.3 Å². The Hall–Kier alpha value is -1.37. The van der Waals surface area contributed by atoms with Crippen LogP contribution in [0.2, 0.25) is 0 Å². The number of hydrogen-bond acceptors (Lipinski definition) is 8. The number of aromatic amines is 1. The van der Waals surface area contributed by atoms with Crippen molar-refractivity contribution < 1.29 is 38.9 Å². The molecule has 1 fully saturated rings. The average molecular weight is 426 g/mol. The van der Waals surface area contributed by atoms with Crippen LogP contribution in [0.5, 0.6) is 0 Å². The molecule has 2 rings (SSSR count). The van der Waals surface area contributed by atoms with E-state index in [1.807, 2.05) is 0 Å². The smallest absolute Gasteiger partial charge is 0.396 e. The summed E-state index contributed by atoms with van der Waals surface area (Å²) < 4.78 is 21.4. The van der Waals surface area contributed by atoms with Crippen LogP contribution in [-0.4, -0.2) is 66.7 Å². The van der Waals surface area contributed by atoms with Crippen molar-refractivity contribution in [3.63, 3.8) is 0 Å². The van der Waals surface area contributed by atoms with Gasteiger partial charge < -0.3 is 29.8 Å². The van der Waals surface area contributed by atoms with E-state index in [4.69, 9.17) is 24.7 Å². The number of nitrogens with zero attached hydrogens (tertiary/aromatic N) is 1. The number of nitrogens with one attached hydrogen (secondary N) is 1. The number of rotatable bonds is 6. The predicted molar refractivity (Wildman–Crippen MR) is 96.5 cm³/mol. The molecule has 2 heterocycles. The molecule has 162 valence electrons. The summed E-state index contributed by atoms with van der Waals surface area (Å²) in [5.41, 5.74) is -1.22. The van der Waals surface area contributed by atoms with Crippen LogP contribution in [0, 0.1) is 12.3 Å². The Morgan fingerprint density at radius 1 is 1.32 bits per heavy atom. The number of aliphatic hydroxyl groups is 3. The third-order valence-electron chi connectivity index (χ3n) is 3.92. The first-order valence-corrected chi connectivity index (χ1v) is 9.90. The number of aromatic nitrogens is 2. The van der Waals surface area contributed by atoms with Gasteiger partial charge in [-0.2, -0.15) is 0 Å². The lowest BCUT2D eigenvalue weighted by molar-refractivity contribution is -0.0451. The molecule has 0 amide bonds. The van der Waals surface area contributed by atoms with Crippen molar-refractivity contribution in [1.29, 1.82) is 0 Å². The number of hydrogen-bond donors (Lipinski definition) is 6. The molecule has 0 saturated carbocycles. The van der Waals surface area contributed by atoms with Gasteiger partial charge in [0.2, 0.25) is 0 Å². The summed E-state index contributed by atoms with van der Waals surface area (Å²) in [4.78, 5) is 42.3. The molecule has 1 aromatic heterocycles. The van der Waals surface area contributed by atoms with Crippen LogP contribution in [0.3, 0.4) is 0 Å². The van der Waals surface area contributed by atoms with Gasteiger partial charge in [0, 0.05) is 23.6 Å². The van der Waals surface area contributed by atoms with Gasteiger partial charge in [-0.15, -0.1) is 0 Å². The summed E-state index contributed by atoms with van der Waals surface area (Å²) in [6, 6.07) is 0. The monoisotopic (exact) mass is 426 g/mol. The molecular weight excluding hydrogens is 399 g/mol. The van der Waals surface area contributed by atoms with Gasteiger partial charge in [-0.1, -0.05) is 13.8 Å². The van der Waals surface area contributed by atoms with Crippen LogP contribution in [0.15, 0.2) is 15.8 Å². The molecule has 1 aliphatic heterocycles. The topological polar surface area (TPSA) is 192 Å². The Morgan fingerprint density at radius 2 is 1.89 bits per heavy atom. The Labute approximate surface area is 160 Å². The molecule has 12 nitrogen and oxygen atoms in total. The van der Waals surface area contributed by atoms with E-state index in [0.717, 1.165) is 4.57 Å². The number of ether oxygens (including phenoxy) is 1. The second-order valence-electron chi connectivity index (χ2n) is 7.18. The number of aliphatic hydroxyl groups excluding tert-OH is 3. The van der Waals surface area contributed by atoms with Gasteiger partial charge in [0.05, 0.1) is 25.9 Å². The normalized spacial score (nSPS) is 22.6. The summed E-state index contributed by atoms with van der Waals surface area (Å²) in [5.74, 6) is 0. The van der Waals surface area contributed by atoms with Crippen molar-refractivity contribution in [1.82, 2.24) is 9.55 Å². The maximum absolute atomic E-state index is 11.7. The molecule has 28 heavy (non-hydrogen) atoms. The molecule has 3 atom stereocenters. The first kappa shape index (κ1) is 24.7. The summed E-state index contributed by atoms with van der Waals surface area (Å²) in [6.07, 6.45) is -1.57. The van der Waals surface area contributed by atoms with E-state index in [2.05, 4.69) is 9.51 Å². The van der Waals surface area contributed by atoms with Gasteiger partial charge >= 0.3 is 13.5 Å². The SMILES string of the molecule is CC(C)(CO)CO.Cc1cn([C@H]2C[C@H](O)[C@@H](COP(=O)(O)O)O2)c(=O)[nH]c1=O. The largest absolute Gasteiger partial charge is 0.469 e. The lowest BCUT2D eigenvalue weighted by Gasteiger charge is -2.16. The minimum Gasteiger partial charge on any atom is -0.396 e. The Bertz CT molecular complexity index is 793. The molecule has 0 unspecified atom stereocenters. The van der Waals surface area contributed by atoms with Crippen LogP contribution >= 0.6 is 7.82 Å².